The SMILES string of the molecule is O=S(=O)(Nc1cccc(CO)c1)c1ccc(I)cc1. The lowest BCUT2D eigenvalue weighted by Gasteiger charge is -2.09. The summed E-state index contributed by atoms with van der Waals surface area (Å²) in [6.07, 6.45) is 0. The molecule has 0 unspecified atom stereocenters. The molecule has 2 rings (SSSR count). The normalized spacial score (nSPS) is 11.3. The number of hydrogen-bond donors (Lipinski definition) is 2. The Bertz CT molecular complexity index is 669. The molecular formula is C13H12INO3S. The zero-order chi connectivity index (χ0) is 13.9. The van der Waals surface area contributed by atoms with E-state index in [4.69, 9.17) is 5.11 Å². The van der Waals surface area contributed by atoms with Gasteiger partial charge in [0.1, 0.15) is 0 Å². The molecule has 100 valence electrons. The van der Waals surface area contributed by atoms with Crippen molar-refractivity contribution in [1.82, 2.24) is 0 Å². The molecule has 2 aromatic carbocycles. The van der Waals surface area contributed by atoms with E-state index in [0.29, 0.717) is 11.3 Å². The van der Waals surface area contributed by atoms with Crippen LogP contribution in [0.25, 0.3) is 0 Å². The zero-order valence-corrected chi connectivity index (χ0v) is 12.8. The Morgan fingerprint density at radius 2 is 1.79 bits per heavy atom. The molecule has 0 aliphatic carbocycles. The van der Waals surface area contributed by atoms with Crippen LogP contribution < -0.4 is 4.72 Å². The van der Waals surface area contributed by atoms with Gasteiger partial charge >= 0.3 is 0 Å². The summed E-state index contributed by atoms with van der Waals surface area (Å²) in [5.74, 6) is 0. The number of rotatable bonds is 4. The number of aliphatic hydroxyl groups is 1. The lowest BCUT2D eigenvalue weighted by Crippen LogP contribution is -2.13. The second-order valence-electron chi connectivity index (χ2n) is 3.92. The van der Waals surface area contributed by atoms with Crippen molar-refractivity contribution >= 4 is 38.3 Å². The molecule has 0 saturated heterocycles. The van der Waals surface area contributed by atoms with Crippen LogP contribution in [-0.2, 0) is 16.6 Å². The van der Waals surface area contributed by atoms with Crippen molar-refractivity contribution < 1.29 is 13.5 Å². The first-order valence-corrected chi connectivity index (χ1v) is 8.05. The summed E-state index contributed by atoms with van der Waals surface area (Å²) in [5.41, 5.74) is 1.09. The Labute approximate surface area is 125 Å². The lowest BCUT2D eigenvalue weighted by molar-refractivity contribution is 0.282. The number of benzene rings is 2. The first-order chi connectivity index (χ1) is 9.01. The first-order valence-electron chi connectivity index (χ1n) is 5.49. The largest absolute Gasteiger partial charge is 0.392 e. The predicted octanol–water partition coefficient (Wildman–Crippen LogP) is 2.58. The molecule has 0 amide bonds. The van der Waals surface area contributed by atoms with E-state index in [1.54, 1.807) is 48.5 Å². The van der Waals surface area contributed by atoms with E-state index in [1.807, 2.05) is 0 Å². The third kappa shape index (κ3) is 3.68. The average molecular weight is 389 g/mol. The van der Waals surface area contributed by atoms with E-state index in [2.05, 4.69) is 27.3 Å². The van der Waals surface area contributed by atoms with Crippen LogP contribution in [0.15, 0.2) is 53.4 Å². The smallest absolute Gasteiger partial charge is 0.261 e. The fourth-order valence-corrected chi connectivity index (χ4v) is 2.97. The van der Waals surface area contributed by atoms with Gasteiger partial charge in [0, 0.05) is 9.26 Å². The highest BCUT2D eigenvalue weighted by atomic mass is 127. The van der Waals surface area contributed by atoms with E-state index in [-0.39, 0.29) is 11.5 Å². The third-order valence-corrected chi connectivity index (χ3v) is 4.60. The van der Waals surface area contributed by atoms with Crippen molar-refractivity contribution in [3.05, 3.63) is 57.7 Å². The van der Waals surface area contributed by atoms with Gasteiger partial charge in [-0.3, -0.25) is 4.72 Å². The van der Waals surface area contributed by atoms with Crippen molar-refractivity contribution in [3.8, 4) is 0 Å². The Morgan fingerprint density at radius 3 is 2.42 bits per heavy atom. The van der Waals surface area contributed by atoms with Crippen molar-refractivity contribution in [1.29, 1.82) is 0 Å². The van der Waals surface area contributed by atoms with Gasteiger partial charge in [0.05, 0.1) is 11.5 Å². The van der Waals surface area contributed by atoms with Gasteiger partial charge in [0.2, 0.25) is 0 Å². The van der Waals surface area contributed by atoms with Crippen LogP contribution in [0.4, 0.5) is 5.69 Å². The summed E-state index contributed by atoms with van der Waals surface area (Å²) < 4.78 is 27.7. The van der Waals surface area contributed by atoms with Crippen LogP contribution >= 0.6 is 22.6 Å². The maximum atomic E-state index is 12.1. The molecule has 0 aromatic heterocycles. The van der Waals surface area contributed by atoms with Gasteiger partial charge in [-0.1, -0.05) is 12.1 Å². The minimum Gasteiger partial charge on any atom is -0.392 e. The highest BCUT2D eigenvalue weighted by Gasteiger charge is 2.13. The number of anilines is 1. The molecule has 0 radical (unpaired) electrons. The molecule has 0 saturated carbocycles. The topological polar surface area (TPSA) is 66.4 Å². The van der Waals surface area contributed by atoms with Gasteiger partial charge < -0.3 is 5.11 Å². The van der Waals surface area contributed by atoms with Crippen LogP contribution in [-0.4, -0.2) is 13.5 Å². The van der Waals surface area contributed by atoms with Crippen LogP contribution in [0.1, 0.15) is 5.56 Å². The molecular weight excluding hydrogens is 377 g/mol. The van der Waals surface area contributed by atoms with Crippen molar-refractivity contribution in [3.63, 3.8) is 0 Å². The first kappa shape index (κ1) is 14.3. The molecule has 0 spiro atoms. The maximum Gasteiger partial charge on any atom is 0.261 e. The number of sulfonamides is 1. The Kier molecular flexibility index (Phi) is 4.43. The van der Waals surface area contributed by atoms with E-state index >= 15 is 0 Å². The van der Waals surface area contributed by atoms with Crippen molar-refractivity contribution in [2.45, 2.75) is 11.5 Å². The highest BCUT2D eigenvalue weighted by Crippen LogP contribution is 2.18. The van der Waals surface area contributed by atoms with E-state index in [9.17, 15) is 8.42 Å². The third-order valence-electron chi connectivity index (χ3n) is 2.49. The van der Waals surface area contributed by atoms with Gasteiger partial charge in [-0.25, -0.2) is 8.42 Å². The van der Waals surface area contributed by atoms with E-state index in [0.717, 1.165) is 3.57 Å². The van der Waals surface area contributed by atoms with Crippen molar-refractivity contribution in [2.75, 3.05) is 4.72 Å². The second kappa shape index (κ2) is 5.89. The average Bonchev–Trinajstić information content (AvgIpc) is 2.39. The minimum absolute atomic E-state index is 0.126. The quantitative estimate of drug-likeness (QED) is 0.791. The molecule has 4 nitrogen and oxygen atoms in total. The number of aliphatic hydroxyl groups excluding tert-OH is 1. The van der Waals surface area contributed by atoms with Gasteiger partial charge in [0.15, 0.2) is 0 Å². The van der Waals surface area contributed by atoms with Crippen LogP contribution in [0.5, 0.6) is 0 Å². The Hall–Kier alpha value is -1.12. The summed E-state index contributed by atoms with van der Waals surface area (Å²) in [5, 5.41) is 9.03. The van der Waals surface area contributed by atoms with Crippen LogP contribution in [0.3, 0.4) is 0 Å². The lowest BCUT2D eigenvalue weighted by atomic mass is 10.2. The van der Waals surface area contributed by atoms with Gasteiger partial charge in [0.25, 0.3) is 10.0 Å². The monoisotopic (exact) mass is 389 g/mol. The molecule has 2 N–H and O–H groups in total. The minimum atomic E-state index is -3.59. The van der Waals surface area contributed by atoms with E-state index < -0.39 is 10.0 Å². The molecule has 0 atom stereocenters. The zero-order valence-electron chi connectivity index (χ0n) is 9.88. The molecule has 2 aromatic rings. The Balaban J connectivity index is 2.28. The van der Waals surface area contributed by atoms with E-state index in [1.165, 1.54) is 0 Å². The molecule has 0 fully saturated rings. The summed E-state index contributed by atoms with van der Waals surface area (Å²) in [7, 11) is -3.59. The van der Waals surface area contributed by atoms with Crippen LogP contribution in [0, 0.1) is 3.57 Å². The number of nitrogens with one attached hydrogen (secondary N) is 1. The van der Waals surface area contributed by atoms with Crippen molar-refractivity contribution in [2.24, 2.45) is 0 Å². The molecule has 19 heavy (non-hydrogen) atoms. The summed E-state index contributed by atoms with van der Waals surface area (Å²) in [6, 6.07) is 13.2. The summed E-state index contributed by atoms with van der Waals surface area (Å²) in [6.45, 7) is -0.126. The maximum absolute atomic E-state index is 12.1. The van der Waals surface area contributed by atoms with Gasteiger partial charge in [-0.15, -0.1) is 0 Å². The highest BCUT2D eigenvalue weighted by molar-refractivity contribution is 14.1. The summed E-state index contributed by atoms with van der Waals surface area (Å²) in [4.78, 5) is 0.210. The molecule has 0 heterocycles. The van der Waals surface area contributed by atoms with Gasteiger partial charge in [-0.05, 0) is 64.6 Å². The molecule has 6 heteroatoms. The van der Waals surface area contributed by atoms with Gasteiger partial charge in [-0.2, -0.15) is 0 Å². The fraction of sp³-hybridized carbons (Fsp3) is 0.0769. The standard InChI is InChI=1S/C13H12INO3S/c14-11-4-6-13(7-5-11)19(17,18)15-12-3-1-2-10(8-12)9-16/h1-8,15-16H,9H2. The fourth-order valence-electron chi connectivity index (χ4n) is 1.56. The number of hydrogen-bond acceptors (Lipinski definition) is 3. The predicted molar refractivity (Wildman–Crippen MR) is 82.3 cm³/mol. The molecule has 0 aliphatic rings. The summed E-state index contributed by atoms with van der Waals surface area (Å²) >= 11 is 2.11. The van der Waals surface area contributed by atoms with Crippen LogP contribution in [0.2, 0.25) is 0 Å². The molecule has 0 bridgehead atoms. The number of halogens is 1. The molecule has 0 aliphatic heterocycles. The second-order valence-corrected chi connectivity index (χ2v) is 6.85. The Morgan fingerprint density at radius 1 is 1.11 bits per heavy atom.